The van der Waals surface area contributed by atoms with E-state index in [1.165, 1.54) is 0 Å². The number of carbonyl (C=O) groups is 2. The van der Waals surface area contributed by atoms with Crippen molar-refractivity contribution in [2.45, 2.75) is 110 Å². The Hall–Kier alpha value is -1.20. The fraction of sp³-hybridized carbons (Fsp3) is 0.833. The van der Waals surface area contributed by atoms with Gasteiger partial charge in [-0.15, -0.1) is 0 Å². The van der Waals surface area contributed by atoms with Crippen molar-refractivity contribution in [1.82, 2.24) is 0 Å². The summed E-state index contributed by atoms with van der Waals surface area (Å²) in [5.41, 5.74) is -2.34. The van der Waals surface area contributed by atoms with E-state index in [0.717, 1.165) is 44.9 Å². The topological polar surface area (TPSA) is 94.8 Å². The summed E-state index contributed by atoms with van der Waals surface area (Å²) >= 11 is 0. The average Bonchev–Trinajstić information content (AvgIpc) is 3.02. The van der Waals surface area contributed by atoms with Gasteiger partial charge in [0.05, 0.1) is 5.60 Å². The normalized spacial score (nSPS) is 25.1. The third-order valence-electron chi connectivity index (χ3n) is 6.79. The van der Waals surface area contributed by atoms with Gasteiger partial charge in [0.15, 0.2) is 5.60 Å². The first kappa shape index (κ1) is 25.8. The van der Waals surface area contributed by atoms with Crippen LogP contribution in [0.1, 0.15) is 98.3 Å². The second-order valence-corrected chi connectivity index (χ2v) is 9.28. The Morgan fingerprint density at radius 1 is 1.24 bits per heavy atom. The highest BCUT2D eigenvalue weighted by atomic mass is 16.4. The smallest absolute Gasteiger partial charge is 0.335 e. The molecule has 0 bridgehead atoms. The van der Waals surface area contributed by atoms with Crippen LogP contribution in [0, 0.1) is 17.8 Å². The molecule has 0 aromatic carbocycles. The molecule has 5 heteroatoms. The predicted molar refractivity (Wildman–Crippen MR) is 116 cm³/mol. The van der Waals surface area contributed by atoms with Crippen LogP contribution >= 0.6 is 0 Å². The molecule has 29 heavy (non-hydrogen) atoms. The standard InChI is InChI=1S/C24H42O5/c1-5-7-16-23(4,28)17-10-12-19-14-15-21(25)20(19)13-9-8-11-18(3)24(29,6-2)22(26)27/h10,12,18-20,28-29H,5-9,11,13-17H2,1-4H3,(H,26,27)/t18?,19-,20+,23?,24?/m0/s1. The summed E-state index contributed by atoms with van der Waals surface area (Å²) in [5.74, 6) is -0.870. The summed E-state index contributed by atoms with van der Waals surface area (Å²) in [5, 5.41) is 30.0. The van der Waals surface area contributed by atoms with E-state index in [0.29, 0.717) is 25.0 Å². The Kier molecular flexibility index (Phi) is 10.6. The summed E-state index contributed by atoms with van der Waals surface area (Å²) in [6, 6.07) is 0. The number of hydrogen-bond acceptors (Lipinski definition) is 4. The molecule has 168 valence electrons. The van der Waals surface area contributed by atoms with Crippen LogP contribution in [0.4, 0.5) is 0 Å². The van der Waals surface area contributed by atoms with Crippen LogP contribution in [0.3, 0.4) is 0 Å². The molecular weight excluding hydrogens is 368 g/mol. The largest absolute Gasteiger partial charge is 0.479 e. The average molecular weight is 411 g/mol. The number of hydrogen-bond donors (Lipinski definition) is 3. The zero-order valence-electron chi connectivity index (χ0n) is 18.8. The molecule has 1 rings (SSSR count). The van der Waals surface area contributed by atoms with Gasteiger partial charge in [0.1, 0.15) is 5.78 Å². The molecule has 0 radical (unpaired) electrons. The number of rotatable bonds is 14. The molecule has 0 aliphatic heterocycles. The first-order valence-electron chi connectivity index (χ1n) is 11.4. The van der Waals surface area contributed by atoms with Crippen LogP contribution in [0.15, 0.2) is 12.2 Å². The minimum atomic E-state index is -1.66. The number of Topliss-reactive ketones (excluding diaryl/α,β-unsaturated/α-hetero) is 1. The molecule has 1 fully saturated rings. The molecule has 0 amide bonds. The van der Waals surface area contributed by atoms with Gasteiger partial charge in [-0.25, -0.2) is 4.79 Å². The highest BCUT2D eigenvalue weighted by Crippen LogP contribution is 2.35. The van der Waals surface area contributed by atoms with Crippen molar-refractivity contribution in [3.63, 3.8) is 0 Å². The maximum absolute atomic E-state index is 12.3. The van der Waals surface area contributed by atoms with Crippen LogP contribution < -0.4 is 0 Å². The van der Waals surface area contributed by atoms with Crippen molar-refractivity contribution < 1.29 is 24.9 Å². The van der Waals surface area contributed by atoms with E-state index in [1.54, 1.807) is 13.8 Å². The Morgan fingerprint density at radius 2 is 1.93 bits per heavy atom. The number of carboxylic acids is 1. The molecule has 0 heterocycles. The van der Waals surface area contributed by atoms with Crippen LogP contribution in [0.5, 0.6) is 0 Å². The number of ketones is 1. The van der Waals surface area contributed by atoms with Crippen molar-refractivity contribution in [2.24, 2.45) is 17.8 Å². The van der Waals surface area contributed by atoms with Crippen molar-refractivity contribution in [3.8, 4) is 0 Å². The first-order valence-corrected chi connectivity index (χ1v) is 11.4. The zero-order chi connectivity index (χ0) is 22.1. The summed E-state index contributed by atoms with van der Waals surface area (Å²) in [4.78, 5) is 23.6. The Labute approximate surface area is 176 Å². The molecule has 0 spiro atoms. The lowest BCUT2D eigenvalue weighted by Gasteiger charge is -2.29. The molecule has 0 aromatic rings. The molecule has 5 nitrogen and oxygen atoms in total. The van der Waals surface area contributed by atoms with Gasteiger partial charge < -0.3 is 15.3 Å². The minimum absolute atomic E-state index is 0.0340. The fourth-order valence-electron chi connectivity index (χ4n) is 4.46. The summed E-state index contributed by atoms with van der Waals surface area (Å²) in [6.45, 7) is 7.47. The van der Waals surface area contributed by atoms with E-state index in [-0.39, 0.29) is 24.2 Å². The highest BCUT2D eigenvalue weighted by molar-refractivity contribution is 5.83. The maximum Gasteiger partial charge on any atom is 0.335 e. The van der Waals surface area contributed by atoms with E-state index < -0.39 is 17.2 Å². The van der Waals surface area contributed by atoms with Crippen molar-refractivity contribution in [3.05, 3.63) is 12.2 Å². The van der Waals surface area contributed by atoms with Gasteiger partial charge >= 0.3 is 5.97 Å². The quantitative estimate of drug-likeness (QED) is 0.280. The van der Waals surface area contributed by atoms with Gasteiger partial charge in [-0.2, -0.15) is 0 Å². The first-order chi connectivity index (χ1) is 13.6. The summed E-state index contributed by atoms with van der Waals surface area (Å²) in [7, 11) is 0. The second-order valence-electron chi connectivity index (χ2n) is 9.28. The highest BCUT2D eigenvalue weighted by Gasteiger charge is 2.39. The third-order valence-corrected chi connectivity index (χ3v) is 6.79. The SMILES string of the molecule is CCCCC(C)(O)CC=C[C@H]1CCC(=O)[C@@H]1CCCCC(C)C(O)(CC)C(=O)O. The van der Waals surface area contributed by atoms with E-state index in [2.05, 4.69) is 13.0 Å². The summed E-state index contributed by atoms with van der Waals surface area (Å²) in [6.07, 6.45) is 12.5. The minimum Gasteiger partial charge on any atom is -0.479 e. The number of aliphatic hydroxyl groups is 2. The van der Waals surface area contributed by atoms with Crippen molar-refractivity contribution in [2.75, 3.05) is 0 Å². The number of carbonyl (C=O) groups excluding carboxylic acids is 1. The number of carboxylic acid groups (broad SMARTS) is 1. The van der Waals surface area contributed by atoms with Crippen molar-refractivity contribution >= 4 is 11.8 Å². The second kappa shape index (κ2) is 11.8. The van der Waals surface area contributed by atoms with E-state index >= 15 is 0 Å². The third kappa shape index (κ3) is 7.86. The van der Waals surface area contributed by atoms with Gasteiger partial charge in [0.25, 0.3) is 0 Å². The Morgan fingerprint density at radius 3 is 2.52 bits per heavy atom. The fourth-order valence-corrected chi connectivity index (χ4v) is 4.46. The van der Waals surface area contributed by atoms with Crippen LogP contribution in [0.25, 0.3) is 0 Å². The molecule has 1 aliphatic rings. The lowest BCUT2D eigenvalue weighted by molar-refractivity contribution is -0.165. The van der Waals surface area contributed by atoms with E-state index in [1.807, 2.05) is 13.0 Å². The van der Waals surface area contributed by atoms with E-state index in [4.69, 9.17) is 0 Å². The molecule has 0 saturated heterocycles. The summed E-state index contributed by atoms with van der Waals surface area (Å²) < 4.78 is 0. The van der Waals surface area contributed by atoms with Gasteiger partial charge in [-0.05, 0) is 57.3 Å². The lowest BCUT2D eigenvalue weighted by Crippen LogP contribution is -2.44. The van der Waals surface area contributed by atoms with Gasteiger partial charge in [0.2, 0.25) is 0 Å². The molecule has 0 aromatic heterocycles. The van der Waals surface area contributed by atoms with E-state index in [9.17, 15) is 24.9 Å². The molecule has 1 aliphatic carbocycles. The van der Waals surface area contributed by atoms with Crippen molar-refractivity contribution in [1.29, 1.82) is 0 Å². The molecule has 3 N–H and O–H groups in total. The number of aliphatic carboxylic acids is 1. The molecule has 5 atom stereocenters. The Bertz CT molecular complexity index is 553. The molecule has 1 saturated carbocycles. The number of allylic oxidation sites excluding steroid dienone is 1. The van der Waals surface area contributed by atoms with Gasteiger partial charge in [-0.1, -0.05) is 58.6 Å². The maximum atomic E-state index is 12.3. The van der Waals surface area contributed by atoms with Gasteiger partial charge in [-0.3, -0.25) is 4.79 Å². The predicted octanol–water partition coefficient (Wildman–Crippen LogP) is 4.89. The zero-order valence-corrected chi connectivity index (χ0v) is 18.8. The van der Waals surface area contributed by atoms with Gasteiger partial charge in [0, 0.05) is 12.3 Å². The molecular formula is C24H42O5. The van der Waals surface area contributed by atoms with Crippen LogP contribution in [-0.2, 0) is 9.59 Å². The molecule has 3 unspecified atom stereocenters. The lowest BCUT2D eigenvalue weighted by atomic mass is 9.82. The number of unbranched alkanes of at least 4 members (excludes halogenated alkanes) is 2. The Balaban J connectivity index is 2.48. The monoisotopic (exact) mass is 410 g/mol. The van der Waals surface area contributed by atoms with Crippen LogP contribution in [0.2, 0.25) is 0 Å². The van der Waals surface area contributed by atoms with Crippen LogP contribution in [-0.4, -0.2) is 38.3 Å².